The van der Waals surface area contributed by atoms with Gasteiger partial charge >= 0.3 is 6.18 Å². The summed E-state index contributed by atoms with van der Waals surface area (Å²) in [6, 6.07) is 2.21. The van der Waals surface area contributed by atoms with Crippen molar-refractivity contribution in [2.45, 2.75) is 25.7 Å². The Labute approximate surface area is 112 Å². The fraction of sp³-hybridized carbons (Fsp3) is 0.333. The normalized spacial score (nSPS) is 13.5. The summed E-state index contributed by atoms with van der Waals surface area (Å²) in [5.41, 5.74) is 1.80. The van der Waals surface area contributed by atoms with Gasteiger partial charge in [0.1, 0.15) is 0 Å². The summed E-state index contributed by atoms with van der Waals surface area (Å²) in [5.74, 6) is 0. The second kappa shape index (κ2) is 5.66. The average molecular weight is 287 g/mol. The zero-order valence-corrected chi connectivity index (χ0v) is 10.9. The highest BCUT2D eigenvalue weighted by Gasteiger charge is 2.33. The summed E-state index contributed by atoms with van der Waals surface area (Å²) in [4.78, 5) is 7.91. The molecule has 2 rings (SSSR count). The van der Waals surface area contributed by atoms with Crippen LogP contribution in [0.15, 0.2) is 29.2 Å². The van der Waals surface area contributed by atoms with Gasteiger partial charge in [-0.3, -0.25) is 4.98 Å². The molecule has 7 heteroatoms. The Hall–Kier alpha value is -1.47. The van der Waals surface area contributed by atoms with Crippen LogP contribution in [0.2, 0.25) is 0 Å². The zero-order chi connectivity index (χ0) is 13.9. The molecule has 102 valence electrons. The Balaban J connectivity index is 2.08. The highest BCUT2D eigenvalue weighted by atomic mass is 32.1. The molecule has 2 heterocycles. The molecule has 0 saturated heterocycles. The lowest BCUT2D eigenvalue weighted by Gasteiger charge is -2.15. The van der Waals surface area contributed by atoms with Crippen molar-refractivity contribution in [2.24, 2.45) is 0 Å². The van der Waals surface area contributed by atoms with Crippen LogP contribution >= 0.6 is 11.3 Å². The topological polar surface area (TPSA) is 37.8 Å². The van der Waals surface area contributed by atoms with Gasteiger partial charge < -0.3 is 5.32 Å². The Morgan fingerprint density at radius 1 is 1.37 bits per heavy atom. The van der Waals surface area contributed by atoms with Crippen LogP contribution in [0.3, 0.4) is 0 Å². The smallest absolute Gasteiger partial charge is 0.303 e. The van der Waals surface area contributed by atoms with Crippen LogP contribution < -0.4 is 5.32 Å². The molecule has 2 aromatic rings. The summed E-state index contributed by atoms with van der Waals surface area (Å²) in [7, 11) is 0. The van der Waals surface area contributed by atoms with E-state index in [2.05, 4.69) is 15.3 Å². The minimum absolute atomic E-state index is 0.00270. The lowest BCUT2D eigenvalue weighted by Crippen LogP contribution is -2.22. The Bertz CT molecular complexity index is 525. The van der Waals surface area contributed by atoms with Crippen LogP contribution in [0.5, 0.6) is 0 Å². The number of nitrogens with zero attached hydrogens (tertiary/aromatic N) is 2. The fourth-order valence-corrected chi connectivity index (χ4v) is 2.27. The third kappa shape index (κ3) is 3.51. The van der Waals surface area contributed by atoms with Gasteiger partial charge in [-0.25, -0.2) is 4.98 Å². The van der Waals surface area contributed by atoms with Gasteiger partial charge in [-0.1, -0.05) is 0 Å². The molecule has 3 nitrogen and oxygen atoms in total. The van der Waals surface area contributed by atoms with Gasteiger partial charge in [0.2, 0.25) is 0 Å². The van der Waals surface area contributed by atoms with E-state index in [0.717, 1.165) is 11.8 Å². The van der Waals surface area contributed by atoms with E-state index >= 15 is 0 Å². The molecule has 1 N–H and O–H groups in total. The van der Waals surface area contributed by atoms with Crippen molar-refractivity contribution in [1.29, 1.82) is 0 Å². The molecule has 0 aromatic carbocycles. The molecule has 0 aliphatic rings. The van der Waals surface area contributed by atoms with Gasteiger partial charge in [-0.05, 0) is 19.1 Å². The van der Waals surface area contributed by atoms with Gasteiger partial charge in [0.25, 0.3) is 0 Å². The zero-order valence-electron chi connectivity index (χ0n) is 10.1. The van der Waals surface area contributed by atoms with E-state index < -0.39 is 11.7 Å². The maximum Gasteiger partial charge on any atom is 0.418 e. The molecule has 2 aromatic heterocycles. The largest absolute Gasteiger partial charge is 0.418 e. The molecule has 0 spiro atoms. The van der Waals surface area contributed by atoms with E-state index in [9.17, 15) is 13.2 Å². The van der Waals surface area contributed by atoms with Crippen molar-refractivity contribution in [3.63, 3.8) is 0 Å². The number of thiazole rings is 1. The van der Waals surface area contributed by atoms with Gasteiger partial charge in [0, 0.05) is 24.2 Å². The van der Waals surface area contributed by atoms with Crippen molar-refractivity contribution < 1.29 is 13.2 Å². The summed E-state index contributed by atoms with van der Waals surface area (Å²) < 4.78 is 38.3. The fourth-order valence-electron chi connectivity index (χ4n) is 1.63. The first-order valence-corrected chi connectivity index (χ1v) is 6.55. The van der Waals surface area contributed by atoms with Gasteiger partial charge in [-0.15, -0.1) is 11.3 Å². The quantitative estimate of drug-likeness (QED) is 0.936. The van der Waals surface area contributed by atoms with Crippen molar-refractivity contribution in [3.8, 4) is 0 Å². The number of pyridine rings is 1. The van der Waals surface area contributed by atoms with Crippen LogP contribution in [0, 0.1) is 0 Å². The van der Waals surface area contributed by atoms with Crippen LogP contribution in [0.25, 0.3) is 0 Å². The van der Waals surface area contributed by atoms with Crippen LogP contribution in [-0.4, -0.2) is 9.97 Å². The lowest BCUT2D eigenvalue weighted by atomic mass is 10.1. The number of nitrogens with one attached hydrogen (secondary N) is 1. The monoisotopic (exact) mass is 287 g/mol. The maximum atomic E-state index is 12.8. The van der Waals surface area contributed by atoms with E-state index in [-0.39, 0.29) is 18.3 Å². The number of hydrogen-bond donors (Lipinski definition) is 1. The van der Waals surface area contributed by atoms with Crippen molar-refractivity contribution >= 4 is 11.3 Å². The van der Waals surface area contributed by atoms with Crippen molar-refractivity contribution in [2.75, 3.05) is 0 Å². The summed E-state index contributed by atoms with van der Waals surface area (Å²) in [6.07, 6.45) is -3.02. The molecule has 0 saturated carbocycles. The average Bonchev–Trinajstić information content (AvgIpc) is 2.89. The van der Waals surface area contributed by atoms with Crippen LogP contribution in [0.1, 0.15) is 29.9 Å². The van der Waals surface area contributed by atoms with Gasteiger partial charge in [-0.2, -0.15) is 13.2 Å². The Morgan fingerprint density at radius 3 is 2.79 bits per heavy atom. The molecule has 0 aliphatic carbocycles. The van der Waals surface area contributed by atoms with Crippen LogP contribution in [0.4, 0.5) is 13.2 Å². The standard InChI is InChI=1S/C12H12F3N3S/c1-8(11-6-19-7-18-11)17-5-10-9(12(13,14)15)3-2-4-16-10/h2-4,6-8,17H,5H2,1H3. The predicted molar refractivity (Wildman–Crippen MR) is 66.6 cm³/mol. The number of rotatable bonds is 4. The number of hydrogen-bond acceptors (Lipinski definition) is 4. The SMILES string of the molecule is CC(NCc1ncccc1C(F)(F)F)c1cscn1. The molecular formula is C12H12F3N3S. The third-order valence-corrected chi connectivity index (χ3v) is 3.27. The summed E-state index contributed by atoms with van der Waals surface area (Å²) >= 11 is 1.45. The maximum absolute atomic E-state index is 12.8. The predicted octanol–water partition coefficient (Wildman–Crippen LogP) is 3.41. The van der Waals surface area contributed by atoms with Crippen LogP contribution in [-0.2, 0) is 12.7 Å². The molecule has 0 aliphatic heterocycles. The molecular weight excluding hydrogens is 275 g/mol. The molecule has 0 fully saturated rings. The first-order chi connectivity index (χ1) is 8.98. The first kappa shape index (κ1) is 14.0. The lowest BCUT2D eigenvalue weighted by molar-refractivity contribution is -0.138. The second-order valence-corrected chi connectivity index (χ2v) is 4.73. The molecule has 19 heavy (non-hydrogen) atoms. The van der Waals surface area contributed by atoms with Crippen molar-refractivity contribution in [1.82, 2.24) is 15.3 Å². The molecule has 0 amide bonds. The number of alkyl halides is 3. The third-order valence-electron chi connectivity index (χ3n) is 2.67. The highest BCUT2D eigenvalue weighted by molar-refractivity contribution is 7.07. The van der Waals surface area contributed by atoms with E-state index in [1.165, 1.54) is 23.6 Å². The minimum atomic E-state index is -4.38. The van der Waals surface area contributed by atoms with Crippen molar-refractivity contribution in [3.05, 3.63) is 46.2 Å². The summed E-state index contributed by atoms with van der Waals surface area (Å²) in [5, 5.41) is 4.86. The number of aromatic nitrogens is 2. The molecule has 1 unspecified atom stereocenters. The molecule has 0 radical (unpaired) electrons. The first-order valence-electron chi connectivity index (χ1n) is 5.61. The second-order valence-electron chi connectivity index (χ2n) is 4.01. The highest BCUT2D eigenvalue weighted by Crippen LogP contribution is 2.31. The van der Waals surface area contributed by atoms with E-state index in [0.29, 0.717) is 0 Å². The Kier molecular flexibility index (Phi) is 4.16. The summed E-state index contributed by atoms with van der Waals surface area (Å²) in [6.45, 7) is 1.90. The van der Waals surface area contributed by atoms with Gasteiger partial charge in [0.15, 0.2) is 0 Å². The number of halogens is 3. The molecule has 1 atom stereocenters. The van der Waals surface area contributed by atoms with Gasteiger partial charge in [0.05, 0.1) is 22.5 Å². The van der Waals surface area contributed by atoms with E-state index in [1.807, 2.05) is 12.3 Å². The Morgan fingerprint density at radius 2 is 2.16 bits per heavy atom. The van der Waals surface area contributed by atoms with E-state index in [4.69, 9.17) is 0 Å². The van der Waals surface area contributed by atoms with E-state index in [1.54, 1.807) is 5.51 Å². The minimum Gasteiger partial charge on any atom is -0.303 e. The molecule has 0 bridgehead atoms.